The Bertz CT molecular complexity index is 728. The SMILES string of the molecule is CC(C)(C)c1c(F)cc(F)c2nc(=N)n(N)c(N)c12. The summed E-state index contributed by atoms with van der Waals surface area (Å²) in [7, 11) is 0. The molecule has 0 radical (unpaired) electrons. The van der Waals surface area contributed by atoms with Crippen LogP contribution in [0.1, 0.15) is 26.3 Å². The summed E-state index contributed by atoms with van der Waals surface area (Å²) in [5.41, 5.74) is 4.88. The minimum atomic E-state index is -0.860. The summed E-state index contributed by atoms with van der Waals surface area (Å²) < 4.78 is 28.7. The topological polar surface area (TPSA) is 93.7 Å². The molecule has 102 valence electrons. The van der Waals surface area contributed by atoms with E-state index < -0.39 is 22.7 Å². The highest BCUT2D eigenvalue weighted by molar-refractivity contribution is 5.92. The van der Waals surface area contributed by atoms with Crippen LogP contribution in [0.5, 0.6) is 0 Å². The lowest BCUT2D eigenvalue weighted by Gasteiger charge is -2.23. The van der Waals surface area contributed by atoms with Gasteiger partial charge in [0.2, 0.25) is 5.62 Å². The van der Waals surface area contributed by atoms with Crippen molar-refractivity contribution < 1.29 is 8.78 Å². The maximum Gasteiger partial charge on any atom is 0.243 e. The minimum Gasteiger partial charge on any atom is -0.383 e. The molecule has 0 atom stereocenters. The third kappa shape index (κ3) is 1.91. The van der Waals surface area contributed by atoms with Crippen molar-refractivity contribution in [2.24, 2.45) is 0 Å². The number of aromatic nitrogens is 2. The number of benzene rings is 1. The largest absolute Gasteiger partial charge is 0.383 e. The van der Waals surface area contributed by atoms with Gasteiger partial charge in [-0.05, 0) is 5.41 Å². The molecule has 0 unspecified atom stereocenters. The summed E-state index contributed by atoms with van der Waals surface area (Å²) in [4.78, 5) is 3.73. The predicted molar refractivity (Wildman–Crippen MR) is 68.8 cm³/mol. The molecule has 1 aromatic carbocycles. The first-order valence-corrected chi connectivity index (χ1v) is 5.65. The molecular formula is C12H15F2N5. The van der Waals surface area contributed by atoms with Crippen LogP contribution in [0.25, 0.3) is 10.9 Å². The molecule has 2 rings (SSSR count). The van der Waals surface area contributed by atoms with Crippen LogP contribution in [-0.2, 0) is 5.41 Å². The molecule has 7 heteroatoms. The third-order valence-electron chi connectivity index (χ3n) is 2.92. The van der Waals surface area contributed by atoms with Gasteiger partial charge < -0.3 is 11.6 Å². The molecule has 0 amide bonds. The molecule has 2 aromatic rings. The van der Waals surface area contributed by atoms with Crippen molar-refractivity contribution >= 4 is 16.7 Å². The van der Waals surface area contributed by atoms with Gasteiger partial charge in [-0.15, -0.1) is 0 Å². The summed E-state index contributed by atoms with van der Waals surface area (Å²) in [6.07, 6.45) is 0. The van der Waals surface area contributed by atoms with Gasteiger partial charge in [-0.25, -0.2) is 18.4 Å². The van der Waals surface area contributed by atoms with Crippen LogP contribution in [0.15, 0.2) is 6.07 Å². The normalized spacial score (nSPS) is 12.1. The molecule has 0 saturated carbocycles. The van der Waals surface area contributed by atoms with Crippen molar-refractivity contribution in [3.8, 4) is 0 Å². The summed E-state index contributed by atoms with van der Waals surface area (Å²) >= 11 is 0. The molecule has 0 spiro atoms. The van der Waals surface area contributed by atoms with Crippen molar-refractivity contribution in [2.45, 2.75) is 26.2 Å². The molecule has 0 saturated heterocycles. The van der Waals surface area contributed by atoms with Crippen LogP contribution in [-0.4, -0.2) is 9.66 Å². The second kappa shape index (κ2) is 3.91. The maximum atomic E-state index is 14.1. The van der Waals surface area contributed by atoms with Crippen LogP contribution in [0.4, 0.5) is 14.6 Å². The highest BCUT2D eigenvalue weighted by atomic mass is 19.1. The third-order valence-corrected chi connectivity index (χ3v) is 2.92. The van der Waals surface area contributed by atoms with Crippen LogP contribution in [0.3, 0.4) is 0 Å². The van der Waals surface area contributed by atoms with Gasteiger partial charge in [-0.1, -0.05) is 20.8 Å². The molecule has 0 bridgehead atoms. The molecular weight excluding hydrogens is 252 g/mol. The summed E-state index contributed by atoms with van der Waals surface area (Å²) in [5, 5.41) is 7.62. The average molecular weight is 267 g/mol. The number of nitrogen functional groups attached to an aromatic ring is 2. The smallest absolute Gasteiger partial charge is 0.243 e. The van der Waals surface area contributed by atoms with Crippen molar-refractivity contribution in [1.82, 2.24) is 9.66 Å². The summed E-state index contributed by atoms with van der Waals surface area (Å²) in [6.45, 7) is 5.33. The van der Waals surface area contributed by atoms with Crippen molar-refractivity contribution in [3.05, 3.63) is 28.9 Å². The zero-order valence-electron chi connectivity index (χ0n) is 10.9. The van der Waals surface area contributed by atoms with Crippen LogP contribution >= 0.6 is 0 Å². The lowest BCUT2D eigenvalue weighted by Crippen LogP contribution is -2.33. The van der Waals surface area contributed by atoms with Gasteiger partial charge in [-0.2, -0.15) is 0 Å². The minimum absolute atomic E-state index is 0.0849. The molecule has 0 aliphatic heterocycles. The van der Waals surface area contributed by atoms with Gasteiger partial charge in [0.05, 0.1) is 5.39 Å². The monoisotopic (exact) mass is 267 g/mol. The Hall–Kier alpha value is -2.18. The van der Waals surface area contributed by atoms with E-state index in [0.717, 1.165) is 10.7 Å². The van der Waals surface area contributed by atoms with E-state index in [1.54, 1.807) is 20.8 Å². The lowest BCUT2D eigenvalue weighted by atomic mass is 9.84. The molecule has 0 aliphatic carbocycles. The van der Waals surface area contributed by atoms with Crippen LogP contribution < -0.4 is 17.2 Å². The summed E-state index contributed by atoms with van der Waals surface area (Å²) in [6, 6.07) is 0.760. The van der Waals surface area contributed by atoms with Crippen LogP contribution in [0.2, 0.25) is 0 Å². The molecule has 0 aliphatic rings. The maximum absolute atomic E-state index is 14.1. The Morgan fingerprint density at radius 3 is 2.37 bits per heavy atom. The van der Waals surface area contributed by atoms with Crippen molar-refractivity contribution in [2.75, 3.05) is 11.6 Å². The Morgan fingerprint density at radius 1 is 1.26 bits per heavy atom. The lowest BCUT2D eigenvalue weighted by molar-refractivity contribution is 0.518. The number of halogens is 2. The van der Waals surface area contributed by atoms with E-state index in [1.165, 1.54) is 0 Å². The highest BCUT2D eigenvalue weighted by Gasteiger charge is 2.26. The fourth-order valence-electron chi connectivity index (χ4n) is 2.10. The van der Waals surface area contributed by atoms with E-state index >= 15 is 0 Å². The Balaban J connectivity index is 3.14. The van der Waals surface area contributed by atoms with Gasteiger partial charge in [-0.3, -0.25) is 5.41 Å². The Morgan fingerprint density at radius 2 is 1.84 bits per heavy atom. The number of anilines is 1. The quantitative estimate of drug-likeness (QED) is 0.629. The first-order valence-electron chi connectivity index (χ1n) is 5.65. The fourth-order valence-corrected chi connectivity index (χ4v) is 2.10. The fraction of sp³-hybridized carbons (Fsp3) is 0.333. The second-order valence-electron chi connectivity index (χ2n) is 5.38. The molecule has 1 heterocycles. The van der Waals surface area contributed by atoms with Crippen molar-refractivity contribution in [3.63, 3.8) is 0 Å². The number of hydrogen-bond acceptors (Lipinski definition) is 4. The van der Waals surface area contributed by atoms with E-state index in [0.29, 0.717) is 0 Å². The summed E-state index contributed by atoms with van der Waals surface area (Å²) in [5.74, 6) is 3.91. The van der Waals surface area contributed by atoms with Gasteiger partial charge in [0.1, 0.15) is 17.2 Å². The Labute approximate surface area is 108 Å². The first kappa shape index (κ1) is 13.3. The van der Waals surface area contributed by atoms with Crippen molar-refractivity contribution in [1.29, 1.82) is 5.41 Å². The van der Waals surface area contributed by atoms with Gasteiger partial charge >= 0.3 is 0 Å². The molecule has 0 fully saturated rings. The first-order chi connectivity index (χ1) is 8.64. The molecule has 5 N–H and O–H groups in total. The second-order valence-corrected chi connectivity index (χ2v) is 5.38. The van der Waals surface area contributed by atoms with Gasteiger partial charge in [0.25, 0.3) is 0 Å². The van der Waals surface area contributed by atoms with E-state index in [4.69, 9.17) is 17.0 Å². The number of rotatable bonds is 0. The number of hydrogen-bond donors (Lipinski definition) is 3. The predicted octanol–water partition coefficient (Wildman–Crippen LogP) is 1.39. The van der Waals surface area contributed by atoms with E-state index in [-0.39, 0.29) is 22.3 Å². The zero-order chi connectivity index (χ0) is 14.5. The zero-order valence-corrected chi connectivity index (χ0v) is 10.9. The standard InChI is InChI=1S/C12H15F2N5/c1-12(2,3)8-5(13)4-6(14)9-7(8)10(15)19(17)11(16)18-9/h4,16H,15,17H2,1-3H3. The van der Waals surface area contributed by atoms with E-state index in [9.17, 15) is 8.78 Å². The molecule has 1 aromatic heterocycles. The van der Waals surface area contributed by atoms with Gasteiger partial charge in [0.15, 0.2) is 5.82 Å². The van der Waals surface area contributed by atoms with E-state index in [1.807, 2.05) is 0 Å². The number of nitrogens with two attached hydrogens (primary N) is 2. The van der Waals surface area contributed by atoms with Gasteiger partial charge in [0, 0.05) is 11.6 Å². The number of nitrogens with one attached hydrogen (secondary N) is 1. The molecule has 19 heavy (non-hydrogen) atoms. The van der Waals surface area contributed by atoms with Crippen LogP contribution in [0, 0.1) is 17.0 Å². The highest BCUT2D eigenvalue weighted by Crippen LogP contribution is 2.35. The number of nitrogens with zero attached hydrogens (tertiary/aromatic N) is 2. The molecule has 5 nitrogen and oxygen atoms in total. The average Bonchev–Trinajstić information content (AvgIpc) is 2.26. The van der Waals surface area contributed by atoms with E-state index in [2.05, 4.69) is 4.98 Å². The number of fused-ring (bicyclic) bond motifs is 1. The Kier molecular flexibility index (Phi) is 2.73.